The first kappa shape index (κ1) is 16.7. The van der Waals surface area contributed by atoms with Crippen molar-refractivity contribution >= 4 is 33.5 Å². The van der Waals surface area contributed by atoms with E-state index in [2.05, 4.69) is 36.4 Å². The molecule has 0 bridgehead atoms. The lowest BCUT2D eigenvalue weighted by molar-refractivity contribution is -0.394. The Kier molecular flexibility index (Phi) is 4.52. The second-order valence-corrected chi connectivity index (χ2v) is 5.72. The standard InChI is InChI=1S/C13H9BrFN7O3/c14-8-1-2-10(9(15)5-8)17-12(23)11-3-4-20(18-11)7-21-6-16-13(19-21)22(24)25/h1-6H,7H2,(H,17,23). The van der Waals surface area contributed by atoms with Crippen molar-refractivity contribution in [2.75, 3.05) is 5.32 Å². The molecule has 128 valence electrons. The summed E-state index contributed by atoms with van der Waals surface area (Å²) in [6.45, 7) is 0.0285. The van der Waals surface area contributed by atoms with Crippen LogP contribution in [0.15, 0.2) is 41.3 Å². The molecule has 0 saturated heterocycles. The molecule has 2 heterocycles. The molecular weight excluding hydrogens is 401 g/mol. The number of nitrogens with one attached hydrogen (secondary N) is 1. The zero-order valence-electron chi connectivity index (χ0n) is 12.3. The van der Waals surface area contributed by atoms with Crippen LogP contribution in [0.5, 0.6) is 0 Å². The molecule has 1 N–H and O–H groups in total. The highest BCUT2D eigenvalue weighted by atomic mass is 79.9. The molecule has 0 fully saturated rings. The smallest absolute Gasteiger partial charge is 0.390 e. The predicted octanol–water partition coefficient (Wildman–Crippen LogP) is 2.04. The van der Waals surface area contributed by atoms with Crippen molar-refractivity contribution in [2.24, 2.45) is 0 Å². The minimum Gasteiger partial charge on any atom is -0.390 e. The molecule has 0 saturated carbocycles. The summed E-state index contributed by atoms with van der Waals surface area (Å²) in [6.07, 6.45) is 2.66. The lowest BCUT2D eigenvalue weighted by Crippen LogP contribution is -2.15. The van der Waals surface area contributed by atoms with E-state index in [-0.39, 0.29) is 18.1 Å². The molecule has 1 amide bonds. The lowest BCUT2D eigenvalue weighted by Gasteiger charge is -2.05. The van der Waals surface area contributed by atoms with Crippen molar-refractivity contribution in [1.29, 1.82) is 0 Å². The quantitative estimate of drug-likeness (QED) is 0.508. The Morgan fingerprint density at radius 3 is 2.80 bits per heavy atom. The Hall–Kier alpha value is -3.15. The van der Waals surface area contributed by atoms with Crippen LogP contribution in [0.4, 0.5) is 16.0 Å². The van der Waals surface area contributed by atoms with Crippen molar-refractivity contribution in [2.45, 2.75) is 6.67 Å². The second kappa shape index (κ2) is 6.76. The minimum atomic E-state index is -0.717. The molecule has 10 nitrogen and oxygen atoms in total. The van der Waals surface area contributed by atoms with Gasteiger partial charge in [0.1, 0.15) is 5.82 Å². The van der Waals surface area contributed by atoms with Gasteiger partial charge in [-0.1, -0.05) is 20.9 Å². The molecule has 25 heavy (non-hydrogen) atoms. The number of anilines is 1. The summed E-state index contributed by atoms with van der Waals surface area (Å²) in [7, 11) is 0. The molecule has 0 atom stereocenters. The molecule has 0 unspecified atom stereocenters. The number of hydrogen-bond donors (Lipinski definition) is 1. The Morgan fingerprint density at radius 1 is 1.32 bits per heavy atom. The normalized spacial score (nSPS) is 10.6. The Balaban J connectivity index is 1.69. The van der Waals surface area contributed by atoms with E-state index >= 15 is 0 Å². The van der Waals surface area contributed by atoms with Crippen LogP contribution in [0.2, 0.25) is 0 Å². The maximum absolute atomic E-state index is 13.7. The molecule has 3 rings (SSSR count). The van der Waals surface area contributed by atoms with Gasteiger partial charge in [-0.25, -0.2) is 9.07 Å². The van der Waals surface area contributed by atoms with E-state index in [0.29, 0.717) is 4.47 Å². The maximum Gasteiger partial charge on any atom is 0.491 e. The number of rotatable bonds is 5. The summed E-state index contributed by atoms with van der Waals surface area (Å²) >= 11 is 3.13. The fourth-order valence-electron chi connectivity index (χ4n) is 1.92. The number of nitro groups is 1. The highest BCUT2D eigenvalue weighted by molar-refractivity contribution is 9.10. The molecule has 12 heteroatoms. The third-order valence-corrected chi connectivity index (χ3v) is 3.52. The highest BCUT2D eigenvalue weighted by Gasteiger charge is 2.15. The Labute approximate surface area is 147 Å². The van der Waals surface area contributed by atoms with Gasteiger partial charge in [-0.3, -0.25) is 4.79 Å². The molecule has 0 aliphatic carbocycles. The number of amides is 1. The molecular formula is C13H9BrFN7O3. The van der Waals surface area contributed by atoms with Gasteiger partial charge in [0, 0.05) is 15.8 Å². The van der Waals surface area contributed by atoms with E-state index in [4.69, 9.17) is 0 Å². The van der Waals surface area contributed by atoms with Crippen LogP contribution >= 0.6 is 15.9 Å². The van der Waals surface area contributed by atoms with Crippen molar-refractivity contribution in [3.63, 3.8) is 0 Å². The van der Waals surface area contributed by atoms with E-state index in [1.54, 1.807) is 6.07 Å². The van der Waals surface area contributed by atoms with Gasteiger partial charge in [0.15, 0.2) is 12.4 Å². The minimum absolute atomic E-state index is 0.0228. The van der Waals surface area contributed by atoms with E-state index in [0.717, 1.165) is 0 Å². The Morgan fingerprint density at radius 2 is 2.12 bits per heavy atom. The van der Waals surface area contributed by atoms with Gasteiger partial charge < -0.3 is 15.4 Å². The van der Waals surface area contributed by atoms with E-state index < -0.39 is 22.6 Å². The molecule has 3 aromatic rings. The van der Waals surface area contributed by atoms with Crippen LogP contribution in [-0.2, 0) is 6.67 Å². The van der Waals surface area contributed by atoms with E-state index in [1.807, 2.05) is 0 Å². The van der Waals surface area contributed by atoms with Gasteiger partial charge in [0.05, 0.1) is 5.69 Å². The SMILES string of the molecule is O=C(Nc1ccc(Br)cc1F)c1ccn(Cn2cnc([N+](=O)[O-])n2)n1. The first-order chi connectivity index (χ1) is 11.9. The first-order valence-corrected chi connectivity index (χ1v) is 7.55. The predicted molar refractivity (Wildman–Crippen MR) is 86.4 cm³/mol. The molecule has 0 spiro atoms. The molecule has 1 aromatic carbocycles. The third-order valence-electron chi connectivity index (χ3n) is 3.03. The van der Waals surface area contributed by atoms with Gasteiger partial charge in [-0.05, 0) is 29.2 Å². The van der Waals surface area contributed by atoms with Crippen molar-refractivity contribution in [3.8, 4) is 0 Å². The number of carbonyl (C=O) groups excluding carboxylic acids is 1. The van der Waals surface area contributed by atoms with Crippen LogP contribution in [0.3, 0.4) is 0 Å². The number of halogens is 2. The highest BCUT2D eigenvalue weighted by Crippen LogP contribution is 2.19. The number of aromatic nitrogens is 5. The van der Waals surface area contributed by atoms with Crippen molar-refractivity contribution < 1.29 is 14.1 Å². The summed E-state index contributed by atoms with van der Waals surface area (Å²) in [5.74, 6) is -1.71. The second-order valence-electron chi connectivity index (χ2n) is 4.80. The van der Waals surface area contributed by atoms with E-state index in [9.17, 15) is 19.3 Å². The summed E-state index contributed by atoms with van der Waals surface area (Å²) in [5, 5.41) is 20.6. The first-order valence-electron chi connectivity index (χ1n) is 6.76. The summed E-state index contributed by atoms with van der Waals surface area (Å²) < 4.78 is 16.8. The molecule has 0 aliphatic rings. The van der Waals surface area contributed by atoms with Crippen LogP contribution in [-0.4, -0.2) is 35.4 Å². The summed E-state index contributed by atoms with van der Waals surface area (Å²) in [4.78, 5) is 25.5. The maximum atomic E-state index is 13.7. The molecule has 0 aliphatic heterocycles. The number of hydrogen-bond acceptors (Lipinski definition) is 6. The van der Waals surface area contributed by atoms with Gasteiger partial charge in [-0.15, -0.1) is 0 Å². The van der Waals surface area contributed by atoms with Gasteiger partial charge >= 0.3 is 5.95 Å². The average molecular weight is 410 g/mol. The van der Waals surface area contributed by atoms with E-state index in [1.165, 1.54) is 40.1 Å². The average Bonchev–Trinajstić information content (AvgIpc) is 3.20. The molecule has 0 radical (unpaired) electrons. The summed E-state index contributed by atoms with van der Waals surface area (Å²) in [6, 6.07) is 5.67. The zero-order valence-corrected chi connectivity index (χ0v) is 13.9. The fourth-order valence-corrected chi connectivity index (χ4v) is 2.26. The van der Waals surface area contributed by atoms with Crippen molar-refractivity contribution in [3.05, 3.63) is 62.9 Å². The van der Waals surface area contributed by atoms with Crippen LogP contribution < -0.4 is 5.32 Å². The Bertz CT molecular complexity index is 955. The van der Waals surface area contributed by atoms with Crippen LogP contribution in [0, 0.1) is 15.9 Å². The summed E-state index contributed by atoms with van der Waals surface area (Å²) in [5.41, 5.74) is 0.0755. The largest absolute Gasteiger partial charge is 0.491 e. The lowest BCUT2D eigenvalue weighted by atomic mass is 10.3. The molecule has 2 aromatic heterocycles. The number of carbonyl (C=O) groups is 1. The zero-order chi connectivity index (χ0) is 18.0. The fraction of sp³-hybridized carbons (Fsp3) is 0.0769. The van der Waals surface area contributed by atoms with Crippen LogP contribution in [0.25, 0.3) is 0 Å². The number of benzene rings is 1. The topological polar surface area (TPSA) is 121 Å². The van der Waals surface area contributed by atoms with Crippen molar-refractivity contribution in [1.82, 2.24) is 24.5 Å². The van der Waals surface area contributed by atoms with Gasteiger partial charge in [-0.2, -0.15) is 9.78 Å². The number of nitrogens with zero attached hydrogens (tertiary/aromatic N) is 6. The van der Waals surface area contributed by atoms with Crippen LogP contribution in [0.1, 0.15) is 10.5 Å². The van der Waals surface area contributed by atoms with Gasteiger partial charge in [0.25, 0.3) is 5.91 Å². The monoisotopic (exact) mass is 409 g/mol. The van der Waals surface area contributed by atoms with Gasteiger partial charge in [0.2, 0.25) is 6.33 Å². The third kappa shape index (κ3) is 3.85.